The van der Waals surface area contributed by atoms with Gasteiger partial charge in [-0.15, -0.1) is 0 Å². The number of anilines is 1. The van der Waals surface area contributed by atoms with Crippen molar-refractivity contribution in [2.24, 2.45) is 0 Å². The molecule has 0 aliphatic heterocycles. The molecule has 0 fully saturated rings. The number of hydrogen-bond acceptors (Lipinski definition) is 4. The molecular weight excluding hydrogens is 266 g/mol. The fourth-order valence-corrected chi connectivity index (χ4v) is 2.57. The Balaban J connectivity index is 2.97. The molecule has 0 atom stereocenters. The molecule has 4 N–H and O–H groups in total. The molecule has 0 spiro atoms. The van der Waals surface area contributed by atoms with Crippen molar-refractivity contribution in [3.05, 3.63) is 23.2 Å². The number of likely N-dealkylation sites (N-methyl/N-ethyl adjacent to an activating group) is 1. The lowest BCUT2D eigenvalue weighted by atomic mass is 10.3. The van der Waals surface area contributed by atoms with Gasteiger partial charge in [-0.1, -0.05) is 11.6 Å². The largest absolute Gasteiger partial charge is 0.399 e. The van der Waals surface area contributed by atoms with E-state index >= 15 is 0 Å². The number of carbonyl (C=O) groups excluding carboxylic acids is 1. The van der Waals surface area contributed by atoms with Crippen LogP contribution >= 0.6 is 11.6 Å². The molecule has 8 heteroatoms. The molecule has 0 unspecified atom stereocenters. The maximum atomic E-state index is 11.8. The quantitative estimate of drug-likeness (QED) is 0.672. The van der Waals surface area contributed by atoms with Crippen LogP contribution in [0.4, 0.5) is 5.69 Å². The topological polar surface area (TPSA) is 101 Å². The first-order valence-electron chi connectivity index (χ1n) is 4.62. The van der Waals surface area contributed by atoms with Gasteiger partial charge in [0.15, 0.2) is 0 Å². The summed E-state index contributed by atoms with van der Waals surface area (Å²) in [6.45, 7) is -0.357. The average molecular weight is 278 g/mol. The van der Waals surface area contributed by atoms with E-state index in [1.54, 1.807) is 0 Å². The number of amides is 1. The molecule has 6 nitrogen and oxygen atoms in total. The zero-order chi connectivity index (χ0) is 13.1. The molecule has 0 aliphatic rings. The van der Waals surface area contributed by atoms with Gasteiger partial charge in [0.2, 0.25) is 15.9 Å². The van der Waals surface area contributed by atoms with Crippen LogP contribution in [-0.2, 0) is 14.8 Å². The van der Waals surface area contributed by atoms with Gasteiger partial charge in [0.25, 0.3) is 0 Å². The molecule has 0 heterocycles. The minimum atomic E-state index is -3.84. The van der Waals surface area contributed by atoms with Crippen LogP contribution in [0.1, 0.15) is 0 Å². The van der Waals surface area contributed by atoms with Crippen LogP contribution in [0.5, 0.6) is 0 Å². The summed E-state index contributed by atoms with van der Waals surface area (Å²) in [5.41, 5.74) is 5.75. The SMILES string of the molecule is CNC(=O)CNS(=O)(=O)c1cc(N)ccc1Cl. The van der Waals surface area contributed by atoms with Crippen LogP contribution in [0, 0.1) is 0 Å². The van der Waals surface area contributed by atoms with Gasteiger partial charge in [0, 0.05) is 12.7 Å². The summed E-state index contributed by atoms with van der Waals surface area (Å²) in [4.78, 5) is 10.8. The summed E-state index contributed by atoms with van der Waals surface area (Å²) in [5.74, 6) is -0.450. The van der Waals surface area contributed by atoms with Gasteiger partial charge in [-0.2, -0.15) is 0 Å². The fourth-order valence-electron chi connectivity index (χ4n) is 1.05. The summed E-state index contributed by atoms with van der Waals surface area (Å²) in [6.07, 6.45) is 0. The molecule has 0 aromatic heterocycles. The molecule has 0 bridgehead atoms. The van der Waals surface area contributed by atoms with Crippen molar-refractivity contribution in [2.75, 3.05) is 19.3 Å². The Hall–Kier alpha value is -1.31. The highest BCUT2D eigenvalue weighted by Crippen LogP contribution is 2.23. The minimum Gasteiger partial charge on any atom is -0.399 e. The Kier molecular flexibility index (Phi) is 4.33. The standard InChI is InChI=1S/C9H12ClN3O3S/c1-12-9(14)5-13-17(15,16)8-4-6(11)2-3-7(8)10/h2-4,13H,5,11H2,1H3,(H,12,14). The number of nitrogens with two attached hydrogens (primary N) is 1. The van der Waals surface area contributed by atoms with E-state index < -0.39 is 15.9 Å². The average Bonchev–Trinajstić information content (AvgIpc) is 2.29. The number of nitrogen functional groups attached to an aromatic ring is 1. The van der Waals surface area contributed by atoms with E-state index in [1.807, 2.05) is 0 Å². The second-order valence-electron chi connectivity index (χ2n) is 3.19. The van der Waals surface area contributed by atoms with Gasteiger partial charge in [-0.25, -0.2) is 13.1 Å². The normalized spacial score (nSPS) is 11.2. The molecule has 1 rings (SSSR count). The molecule has 17 heavy (non-hydrogen) atoms. The van der Waals surface area contributed by atoms with Crippen molar-refractivity contribution in [3.63, 3.8) is 0 Å². The van der Waals surface area contributed by atoms with Gasteiger partial charge in [-0.3, -0.25) is 4.79 Å². The third-order valence-electron chi connectivity index (χ3n) is 1.95. The number of carbonyl (C=O) groups is 1. The van der Waals surface area contributed by atoms with Crippen molar-refractivity contribution < 1.29 is 13.2 Å². The Bertz CT molecular complexity index is 530. The highest BCUT2D eigenvalue weighted by atomic mass is 35.5. The van der Waals surface area contributed by atoms with Crippen molar-refractivity contribution >= 4 is 33.2 Å². The predicted molar refractivity (Wildman–Crippen MR) is 65.1 cm³/mol. The zero-order valence-corrected chi connectivity index (χ0v) is 10.6. The first kappa shape index (κ1) is 13.8. The third kappa shape index (κ3) is 3.58. The van der Waals surface area contributed by atoms with Crippen molar-refractivity contribution in [3.8, 4) is 0 Å². The Morgan fingerprint density at radius 1 is 1.47 bits per heavy atom. The van der Waals surface area contributed by atoms with Crippen LogP contribution in [0.3, 0.4) is 0 Å². The van der Waals surface area contributed by atoms with Crippen molar-refractivity contribution in [1.29, 1.82) is 0 Å². The number of sulfonamides is 1. The molecule has 0 saturated carbocycles. The van der Waals surface area contributed by atoms with Gasteiger partial charge in [-0.05, 0) is 18.2 Å². The van der Waals surface area contributed by atoms with E-state index in [-0.39, 0.29) is 22.2 Å². The Morgan fingerprint density at radius 2 is 2.12 bits per heavy atom. The monoisotopic (exact) mass is 277 g/mol. The van der Waals surface area contributed by atoms with Crippen molar-refractivity contribution in [2.45, 2.75) is 4.90 Å². The summed E-state index contributed by atoms with van der Waals surface area (Å²) in [7, 11) is -2.43. The number of benzene rings is 1. The maximum Gasteiger partial charge on any atom is 0.242 e. The molecule has 0 radical (unpaired) electrons. The predicted octanol–water partition coefficient (Wildman–Crippen LogP) is -0.0535. The van der Waals surface area contributed by atoms with Crippen LogP contribution in [0.2, 0.25) is 5.02 Å². The molecule has 0 aliphatic carbocycles. The Morgan fingerprint density at radius 3 is 2.71 bits per heavy atom. The first-order chi connectivity index (χ1) is 7.86. The van der Waals surface area contributed by atoms with Gasteiger partial charge in [0.05, 0.1) is 11.6 Å². The summed E-state index contributed by atoms with van der Waals surface area (Å²) >= 11 is 5.75. The smallest absolute Gasteiger partial charge is 0.242 e. The summed E-state index contributed by atoms with van der Waals surface area (Å²) in [6, 6.07) is 4.10. The second kappa shape index (κ2) is 5.35. The molecule has 1 aromatic carbocycles. The van der Waals surface area contributed by atoms with Crippen LogP contribution in [0.15, 0.2) is 23.1 Å². The van der Waals surface area contributed by atoms with Crippen molar-refractivity contribution in [1.82, 2.24) is 10.0 Å². The number of halogens is 1. The lowest BCUT2D eigenvalue weighted by Gasteiger charge is -2.08. The third-order valence-corrected chi connectivity index (χ3v) is 3.83. The van der Waals surface area contributed by atoms with E-state index in [9.17, 15) is 13.2 Å². The van der Waals surface area contributed by atoms with Crippen LogP contribution in [-0.4, -0.2) is 27.9 Å². The van der Waals surface area contributed by atoms with E-state index in [2.05, 4.69) is 10.0 Å². The van der Waals surface area contributed by atoms with Crippen LogP contribution in [0.25, 0.3) is 0 Å². The molecule has 0 saturated heterocycles. The molecular formula is C9H12ClN3O3S. The van der Waals surface area contributed by atoms with Gasteiger partial charge >= 0.3 is 0 Å². The minimum absolute atomic E-state index is 0.0450. The highest BCUT2D eigenvalue weighted by molar-refractivity contribution is 7.89. The highest BCUT2D eigenvalue weighted by Gasteiger charge is 2.18. The van der Waals surface area contributed by atoms with E-state index in [0.717, 1.165) is 0 Å². The summed E-state index contributed by atoms with van der Waals surface area (Å²) < 4.78 is 25.7. The number of rotatable bonds is 4. The van der Waals surface area contributed by atoms with E-state index in [1.165, 1.54) is 25.2 Å². The van der Waals surface area contributed by atoms with Gasteiger partial charge in [0.1, 0.15) is 4.90 Å². The number of nitrogens with one attached hydrogen (secondary N) is 2. The molecule has 1 amide bonds. The van der Waals surface area contributed by atoms with Gasteiger partial charge < -0.3 is 11.1 Å². The Labute approximate surface area is 104 Å². The first-order valence-corrected chi connectivity index (χ1v) is 6.48. The van der Waals surface area contributed by atoms with E-state index in [0.29, 0.717) is 0 Å². The fraction of sp³-hybridized carbons (Fsp3) is 0.222. The second-order valence-corrected chi connectivity index (χ2v) is 5.33. The lowest BCUT2D eigenvalue weighted by Crippen LogP contribution is -2.35. The number of hydrogen-bond donors (Lipinski definition) is 3. The lowest BCUT2D eigenvalue weighted by molar-refractivity contribution is -0.119. The van der Waals surface area contributed by atoms with E-state index in [4.69, 9.17) is 17.3 Å². The molecule has 1 aromatic rings. The zero-order valence-electron chi connectivity index (χ0n) is 9.03. The maximum absolute atomic E-state index is 11.8. The van der Waals surface area contributed by atoms with Crippen LogP contribution < -0.4 is 15.8 Å². The molecule has 94 valence electrons. The summed E-state index contributed by atoms with van der Waals surface area (Å²) in [5, 5.41) is 2.34.